The molecule has 0 aromatic rings. The maximum atomic E-state index is 7.50. The zero-order chi connectivity index (χ0) is 8.53. The third-order valence-corrected chi connectivity index (χ3v) is 0.892. The van der Waals surface area contributed by atoms with Crippen molar-refractivity contribution in [2.45, 2.75) is 26.4 Å². The Labute approximate surface area is 62.9 Å². The molecule has 0 aliphatic rings. The van der Waals surface area contributed by atoms with Crippen molar-refractivity contribution < 1.29 is 35.3 Å². The minimum Gasteiger partial charge on any atom is -0.219 e. The van der Waals surface area contributed by atoms with E-state index in [-0.39, 0.29) is 6.10 Å². The summed E-state index contributed by atoms with van der Waals surface area (Å²) < 4.78 is 0. The van der Waals surface area contributed by atoms with Gasteiger partial charge in [0.25, 0.3) is 0 Å². The monoisotopic (exact) mass is 170 g/mol. The Kier molecular flexibility index (Phi) is 7.62. The predicted octanol–water partition coefficient (Wildman–Crippen LogP) is 0.932. The smallest absolute Gasteiger partial charge is 0.0931 e. The van der Waals surface area contributed by atoms with Gasteiger partial charge in [-0.25, -0.2) is 10.1 Å². The molecule has 0 radical (unpaired) electrons. The molecule has 1 unspecified atom stereocenters. The molecule has 0 bridgehead atoms. The second-order valence-corrected chi connectivity index (χ2v) is 1.66. The SMILES string of the molecule is CCC(C)OOOOOOO. The third kappa shape index (κ3) is 7.62. The number of rotatable bonds is 7. The molecule has 0 saturated heterocycles. The highest BCUT2D eigenvalue weighted by molar-refractivity contribution is 4.37. The summed E-state index contributed by atoms with van der Waals surface area (Å²) in [7, 11) is 0. The molecule has 0 fully saturated rings. The lowest BCUT2D eigenvalue weighted by atomic mass is 10.3. The molecule has 0 heterocycles. The standard InChI is InChI=1S/C4H10O7/c1-3-4(2)6-8-10-11-9-7-5/h4-5H,3H2,1-2H3. The van der Waals surface area contributed by atoms with Crippen molar-refractivity contribution in [2.24, 2.45) is 0 Å². The molecule has 0 saturated carbocycles. The van der Waals surface area contributed by atoms with E-state index >= 15 is 0 Å². The molecule has 1 atom stereocenters. The normalized spacial score (nSPS) is 13.4. The highest BCUT2D eigenvalue weighted by Gasteiger charge is 1.99. The van der Waals surface area contributed by atoms with Crippen molar-refractivity contribution in [2.75, 3.05) is 0 Å². The lowest BCUT2D eigenvalue weighted by Crippen LogP contribution is -2.08. The molecule has 7 nitrogen and oxygen atoms in total. The number of hydrogen-bond donors (Lipinski definition) is 1. The molecule has 11 heavy (non-hydrogen) atoms. The Bertz CT molecular complexity index is 76.8. The fourth-order valence-corrected chi connectivity index (χ4v) is 0.186. The van der Waals surface area contributed by atoms with Crippen LogP contribution in [0.1, 0.15) is 20.3 Å². The molecule has 0 rings (SSSR count). The zero-order valence-electron chi connectivity index (χ0n) is 6.18. The molecule has 0 aromatic carbocycles. The van der Waals surface area contributed by atoms with Crippen LogP contribution in [0.2, 0.25) is 0 Å². The summed E-state index contributed by atoms with van der Waals surface area (Å²) >= 11 is 0. The maximum absolute atomic E-state index is 7.50. The molecule has 0 spiro atoms. The van der Waals surface area contributed by atoms with Crippen molar-refractivity contribution in [3.8, 4) is 0 Å². The molecule has 7 heteroatoms. The molecular formula is C4H10O7. The van der Waals surface area contributed by atoms with E-state index in [1.54, 1.807) is 6.92 Å². The van der Waals surface area contributed by atoms with Crippen LogP contribution in [-0.2, 0) is 30.1 Å². The van der Waals surface area contributed by atoms with Crippen LogP contribution in [0.4, 0.5) is 0 Å². The Morgan fingerprint density at radius 1 is 1.18 bits per heavy atom. The Morgan fingerprint density at radius 3 is 2.36 bits per heavy atom. The van der Waals surface area contributed by atoms with E-state index in [1.165, 1.54) is 0 Å². The van der Waals surface area contributed by atoms with Crippen molar-refractivity contribution in [1.82, 2.24) is 0 Å². The van der Waals surface area contributed by atoms with Gasteiger partial charge in [-0.15, -0.1) is 0 Å². The molecule has 68 valence electrons. The Balaban J connectivity index is 2.89. The van der Waals surface area contributed by atoms with Crippen molar-refractivity contribution in [3.63, 3.8) is 0 Å². The lowest BCUT2D eigenvalue weighted by Gasteiger charge is -2.04. The van der Waals surface area contributed by atoms with Gasteiger partial charge < -0.3 is 0 Å². The van der Waals surface area contributed by atoms with Gasteiger partial charge in [-0.3, -0.25) is 0 Å². The van der Waals surface area contributed by atoms with Gasteiger partial charge in [-0.2, -0.15) is 0 Å². The van der Waals surface area contributed by atoms with Gasteiger partial charge in [-0.05, 0) is 38.5 Å². The largest absolute Gasteiger partial charge is 0.219 e. The van der Waals surface area contributed by atoms with Crippen molar-refractivity contribution in [1.29, 1.82) is 0 Å². The maximum Gasteiger partial charge on any atom is 0.0931 e. The summed E-state index contributed by atoms with van der Waals surface area (Å²) in [5.74, 6) is 0. The topological polar surface area (TPSA) is 75.6 Å². The van der Waals surface area contributed by atoms with Gasteiger partial charge in [0.1, 0.15) is 0 Å². The zero-order valence-corrected chi connectivity index (χ0v) is 6.18. The fraction of sp³-hybridized carbons (Fsp3) is 1.00. The van der Waals surface area contributed by atoms with Crippen LogP contribution in [-0.4, -0.2) is 11.4 Å². The average molecular weight is 170 g/mol. The van der Waals surface area contributed by atoms with E-state index in [2.05, 4.69) is 30.1 Å². The van der Waals surface area contributed by atoms with E-state index in [0.29, 0.717) is 0 Å². The first-order chi connectivity index (χ1) is 5.31. The van der Waals surface area contributed by atoms with Crippen LogP contribution in [0.3, 0.4) is 0 Å². The summed E-state index contributed by atoms with van der Waals surface area (Å²) in [5, 5.41) is 25.1. The van der Waals surface area contributed by atoms with Gasteiger partial charge in [0.15, 0.2) is 0 Å². The van der Waals surface area contributed by atoms with Gasteiger partial charge in [-0.1, -0.05) is 6.92 Å². The second-order valence-electron chi connectivity index (χ2n) is 1.66. The van der Waals surface area contributed by atoms with Crippen LogP contribution in [0.25, 0.3) is 0 Å². The van der Waals surface area contributed by atoms with Crippen LogP contribution < -0.4 is 0 Å². The van der Waals surface area contributed by atoms with Crippen LogP contribution in [0, 0.1) is 0 Å². The van der Waals surface area contributed by atoms with Crippen LogP contribution in [0.5, 0.6) is 0 Å². The minimum atomic E-state index is -0.131. The third-order valence-electron chi connectivity index (χ3n) is 0.892. The predicted molar refractivity (Wildman–Crippen MR) is 28.9 cm³/mol. The molecule has 1 N–H and O–H groups in total. The number of hydrogen-bond acceptors (Lipinski definition) is 7. The Morgan fingerprint density at radius 2 is 1.82 bits per heavy atom. The van der Waals surface area contributed by atoms with E-state index in [1.807, 2.05) is 6.92 Å². The first kappa shape index (κ1) is 10.7. The van der Waals surface area contributed by atoms with E-state index in [0.717, 1.165) is 6.42 Å². The first-order valence-corrected chi connectivity index (χ1v) is 2.94. The molecule has 0 amide bonds. The summed E-state index contributed by atoms with van der Waals surface area (Å²) in [5.41, 5.74) is 0. The molecule has 0 aromatic heterocycles. The van der Waals surface area contributed by atoms with Gasteiger partial charge in [0.2, 0.25) is 0 Å². The second kappa shape index (κ2) is 7.82. The highest BCUT2D eigenvalue weighted by atomic mass is 17.9. The van der Waals surface area contributed by atoms with E-state index in [9.17, 15) is 0 Å². The van der Waals surface area contributed by atoms with E-state index in [4.69, 9.17) is 5.26 Å². The lowest BCUT2D eigenvalue weighted by molar-refractivity contribution is -0.789. The van der Waals surface area contributed by atoms with Crippen molar-refractivity contribution in [3.05, 3.63) is 0 Å². The van der Waals surface area contributed by atoms with E-state index < -0.39 is 0 Å². The summed E-state index contributed by atoms with van der Waals surface area (Å²) in [6, 6.07) is 0. The summed E-state index contributed by atoms with van der Waals surface area (Å²) in [6.07, 6.45) is 0.620. The van der Waals surface area contributed by atoms with Gasteiger partial charge in [0, 0.05) is 0 Å². The fourth-order valence-electron chi connectivity index (χ4n) is 0.186. The molecule has 0 aliphatic heterocycles. The minimum absolute atomic E-state index is 0.131. The van der Waals surface area contributed by atoms with Gasteiger partial charge in [0.05, 0.1) is 6.10 Å². The van der Waals surface area contributed by atoms with Crippen LogP contribution in [0.15, 0.2) is 0 Å². The summed E-state index contributed by atoms with van der Waals surface area (Å²) in [4.78, 5) is 4.47. The molecular weight excluding hydrogens is 160 g/mol. The van der Waals surface area contributed by atoms with Crippen molar-refractivity contribution >= 4 is 0 Å². The molecule has 0 aliphatic carbocycles. The first-order valence-electron chi connectivity index (χ1n) is 2.94. The van der Waals surface area contributed by atoms with Gasteiger partial charge >= 0.3 is 0 Å². The average Bonchev–Trinajstić information content (AvgIpc) is 2.04. The van der Waals surface area contributed by atoms with Crippen LogP contribution >= 0.6 is 0 Å². The quantitative estimate of drug-likeness (QED) is 0.346. The highest BCUT2D eigenvalue weighted by Crippen LogP contribution is 1.96. The summed E-state index contributed by atoms with van der Waals surface area (Å²) in [6.45, 7) is 3.65. The Hall–Kier alpha value is -0.280.